The topological polar surface area (TPSA) is 12.0 Å². The molecule has 0 spiro atoms. The van der Waals surface area contributed by atoms with Gasteiger partial charge in [0, 0.05) is 15.8 Å². The first-order chi connectivity index (χ1) is 6.98. The van der Waals surface area contributed by atoms with Gasteiger partial charge >= 0.3 is 0 Å². The minimum absolute atomic E-state index is 0.126. The highest BCUT2D eigenvalue weighted by Gasteiger charge is 2.32. The summed E-state index contributed by atoms with van der Waals surface area (Å²) in [4.78, 5) is 0. The molecule has 2 rings (SSSR count). The summed E-state index contributed by atoms with van der Waals surface area (Å²) in [6.45, 7) is 4.32. The van der Waals surface area contributed by atoms with Gasteiger partial charge in [-0.15, -0.1) is 11.8 Å². The predicted molar refractivity (Wildman–Crippen MR) is 66.5 cm³/mol. The van der Waals surface area contributed by atoms with Gasteiger partial charge in [-0.1, -0.05) is 15.9 Å². The second-order valence-corrected chi connectivity index (χ2v) is 6.33. The van der Waals surface area contributed by atoms with E-state index in [1.54, 1.807) is 12.1 Å². The van der Waals surface area contributed by atoms with Crippen LogP contribution in [0.1, 0.15) is 24.8 Å². The third-order valence-corrected chi connectivity index (χ3v) is 4.69. The Hall–Kier alpha value is -0.0600. The summed E-state index contributed by atoms with van der Waals surface area (Å²) in [6.07, 6.45) is 0. The van der Waals surface area contributed by atoms with Crippen LogP contribution < -0.4 is 5.32 Å². The van der Waals surface area contributed by atoms with Crippen molar-refractivity contribution in [2.24, 2.45) is 0 Å². The maximum Gasteiger partial charge on any atom is 0.123 e. The lowest BCUT2D eigenvalue weighted by molar-refractivity contribution is 0.450. The minimum Gasteiger partial charge on any atom is -0.296 e. The first kappa shape index (κ1) is 11.4. The lowest BCUT2D eigenvalue weighted by Gasteiger charge is -2.19. The van der Waals surface area contributed by atoms with Crippen LogP contribution in [0.25, 0.3) is 0 Å². The van der Waals surface area contributed by atoms with Crippen LogP contribution in [0, 0.1) is 5.82 Å². The maximum atomic E-state index is 13.1. The van der Waals surface area contributed by atoms with Gasteiger partial charge in [0.2, 0.25) is 0 Å². The van der Waals surface area contributed by atoms with Crippen molar-refractivity contribution in [1.29, 1.82) is 0 Å². The van der Waals surface area contributed by atoms with Crippen molar-refractivity contribution in [3.8, 4) is 0 Å². The van der Waals surface area contributed by atoms with E-state index >= 15 is 0 Å². The summed E-state index contributed by atoms with van der Waals surface area (Å²) in [5.41, 5.74) is 1.12. The molecule has 1 unspecified atom stereocenters. The summed E-state index contributed by atoms with van der Waals surface area (Å²) in [5, 5.41) is 3.67. The van der Waals surface area contributed by atoms with Crippen molar-refractivity contribution in [2.45, 2.75) is 24.8 Å². The fraction of sp³-hybridized carbons (Fsp3) is 0.455. The van der Waals surface area contributed by atoms with E-state index in [-0.39, 0.29) is 16.7 Å². The molecule has 82 valence electrons. The van der Waals surface area contributed by atoms with E-state index in [4.69, 9.17) is 0 Å². The van der Waals surface area contributed by atoms with Crippen molar-refractivity contribution in [3.63, 3.8) is 0 Å². The lowest BCUT2D eigenvalue weighted by Crippen LogP contribution is -2.36. The standard InChI is InChI=1S/C11H13BrFNS/c1-11(2)6-15-10(14-11)8-5-7(13)3-4-9(8)12/h3-5,10,14H,6H2,1-2H3. The van der Waals surface area contributed by atoms with Crippen LogP contribution in [-0.2, 0) is 0 Å². The largest absolute Gasteiger partial charge is 0.296 e. The van der Waals surface area contributed by atoms with Crippen LogP contribution in [0.5, 0.6) is 0 Å². The van der Waals surface area contributed by atoms with E-state index in [1.165, 1.54) is 6.07 Å². The molecule has 0 aromatic heterocycles. The molecule has 0 aliphatic carbocycles. The third-order valence-electron chi connectivity index (χ3n) is 2.37. The number of thioether (sulfide) groups is 1. The second-order valence-electron chi connectivity index (χ2n) is 4.39. The van der Waals surface area contributed by atoms with E-state index in [9.17, 15) is 4.39 Å². The van der Waals surface area contributed by atoms with E-state index < -0.39 is 0 Å². The smallest absolute Gasteiger partial charge is 0.123 e. The highest BCUT2D eigenvalue weighted by molar-refractivity contribution is 9.10. The Kier molecular flexibility index (Phi) is 3.10. The molecule has 1 fully saturated rings. The minimum atomic E-state index is -0.180. The molecule has 1 aliphatic rings. The summed E-state index contributed by atoms with van der Waals surface area (Å²) < 4.78 is 14.1. The first-order valence-electron chi connectivity index (χ1n) is 4.82. The number of hydrogen-bond acceptors (Lipinski definition) is 2. The van der Waals surface area contributed by atoms with Crippen LogP contribution in [0.15, 0.2) is 22.7 Å². The van der Waals surface area contributed by atoms with Gasteiger partial charge in [-0.05, 0) is 37.6 Å². The maximum absolute atomic E-state index is 13.1. The van der Waals surface area contributed by atoms with Crippen molar-refractivity contribution in [1.82, 2.24) is 5.32 Å². The first-order valence-corrected chi connectivity index (χ1v) is 6.66. The number of nitrogens with one attached hydrogen (secondary N) is 1. The molecule has 0 saturated carbocycles. The van der Waals surface area contributed by atoms with E-state index in [0.29, 0.717) is 0 Å². The molecule has 4 heteroatoms. The highest BCUT2D eigenvalue weighted by atomic mass is 79.9. The normalized spacial score (nSPS) is 24.4. The molecule has 0 amide bonds. The van der Waals surface area contributed by atoms with Crippen LogP contribution in [-0.4, -0.2) is 11.3 Å². The average molecular weight is 290 g/mol. The van der Waals surface area contributed by atoms with Crippen molar-refractivity contribution in [2.75, 3.05) is 5.75 Å². The highest BCUT2D eigenvalue weighted by Crippen LogP contribution is 2.40. The quantitative estimate of drug-likeness (QED) is 0.846. The molecular formula is C11H13BrFNS. The van der Waals surface area contributed by atoms with Gasteiger partial charge in [0.15, 0.2) is 0 Å². The Balaban J connectivity index is 2.27. The zero-order chi connectivity index (χ0) is 11.1. The van der Waals surface area contributed by atoms with Gasteiger partial charge in [0.25, 0.3) is 0 Å². The summed E-state index contributed by atoms with van der Waals surface area (Å²) >= 11 is 5.28. The van der Waals surface area contributed by atoms with Gasteiger partial charge in [-0.25, -0.2) is 4.39 Å². The Bertz CT molecular complexity index is 381. The zero-order valence-electron chi connectivity index (χ0n) is 8.68. The van der Waals surface area contributed by atoms with Gasteiger partial charge in [-0.3, -0.25) is 5.32 Å². The molecule has 1 aromatic carbocycles. The van der Waals surface area contributed by atoms with Crippen molar-refractivity contribution in [3.05, 3.63) is 34.1 Å². The van der Waals surface area contributed by atoms with Crippen LogP contribution >= 0.6 is 27.7 Å². The Labute approximate surface area is 102 Å². The number of rotatable bonds is 1. The second kappa shape index (κ2) is 4.07. The number of halogens is 2. The summed E-state index contributed by atoms with van der Waals surface area (Å²) in [6, 6.07) is 4.83. The third kappa shape index (κ3) is 2.55. The van der Waals surface area contributed by atoms with Gasteiger partial charge in [0.05, 0.1) is 5.37 Å². The Morgan fingerprint density at radius 1 is 1.53 bits per heavy atom. The molecule has 1 heterocycles. The molecule has 1 N–H and O–H groups in total. The lowest BCUT2D eigenvalue weighted by atomic mass is 10.1. The molecule has 15 heavy (non-hydrogen) atoms. The predicted octanol–water partition coefficient (Wildman–Crippen LogP) is 3.70. The molecule has 1 nitrogen and oxygen atoms in total. The SMILES string of the molecule is CC1(C)CSC(c2cc(F)ccc2Br)N1. The van der Waals surface area contributed by atoms with Gasteiger partial charge < -0.3 is 0 Å². The van der Waals surface area contributed by atoms with Crippen LogP contribution in [0.3, 0.4) is 0 Å². The molecule has 1 aromatic rings. The van der Waals surface area contributed by atoms with E-state index in [0.717, 1.165) is 15.8 Å². The van der Waals surface area contributed by atoms with E-state index in [1.807, 2.05) is 11.8 Å². The Morgan fingerprint density at radius 3 is 2.87 bits per heavy atom. The van der Waals surface area contributed by atoms with Crippen molar-refractivity contribution < 1.29 is 4.39 Å². The van der Waals surface area contributed by atoms with Gasteiger partial charge in [-0.2, -0.15) is 0 Å². The fourth-order valence-electron chi connectivity index (χ4n) is 1.61. The number of hydrogen-bond donors (Lipinski definition) is 1. The zero-order valence-corrected chi connectivity index (χ0v) is 11.1. The molecule has 1 aliphatic heterocycles. The molecule has 0 radical (unpaired) electrons. The van der Waals surface area contributed by atoms with Gasteiger partial charge in [0.1, 0.15) is 5.82 Å². The van der Waals surface area contributed by atoms with E-state index in [2.05, 4.69) is 35.1 Å². The average Bonchev–Trinajstić information content (AvgIpc) is 2.50. The monoisotopic (exact) mass is 289 g/mol. The molecular weight excluding hydrogens is 277 g/mol. The van der Waals surface area contributed by atoms with Crippen LogP contribution in [0.2, 0.25) is 0 Å². The Morgan fingerprint density at radius 2 is 2.27 bits per heavy atom. The molecule has 1 atom stereocenters. The molecule has 1 saturated heterocycles. The summed E-state index contributed by atoms with van der Waals surface area (Å²) in [5.74, 6) is 0.862. The summed E-state index contributed by atoms with van der Waals surface area (Å²) in [7, 11) is 0. The van der Waals surface area contributed by atoms with Crippen LogP contribution in [0.4, 0.5) is 4.39 Å². The number of benzene rings is 1. The molecule has 0 bridgehead atoms. The van der Waals surface area contributed by atoms with Crippen molar-refractivity contribution >= 4 is 27.7 Å². The fourth-order valence-corrected chi connectivity index (χ4v) is 3.68.